The number of halogens is 3. The molecule has 3 rings (SSSR count). The first kappa shape index (κ1) is 18.3. The number of thiophene rings is 1. The first-order chi connectivity index (χ1) is 11.9. The Kier molecular flexibility index (Phi) is 5.72. The maximum absolute atomic E-state index is 13.3. The van der Waals surface area contributed by atoms with E-state index in [9.17, 15) is 18.0 Å². The molecule has 136 valence electrons. The first-order valence-electron chi connectivity index (χ1n) is 7.74. The van der Waals surface area contributed by atoms with Crippen LogP contribution < -0.4 is 10.6 Å². The minimum atomic E-state index is -4.39. The van der Waals surface area contributed by atoms with Crippen LogP contribution in [0.5, 0.6) is 0 Å². The molecule has 10 heteroatoms. The van der Waals surface area contributed by atoms with Crippen LogP contribution in [-0.2, 0) is 0 Å². The molecule has 2 aromatic heterocycles. The number of hydrogen-bond acceptors (Lipinski definition) is 6. The molecule has 1 saturated heterocycles. The predicted molar refractivity (Wildman–Crippen MR) is 92.0 cm³/mol. The predicted octanol–water partition coefficient (Wildman–Crippen LogP) is 2.44. The Morgan fingerprint density at radius 3 is 2.76 bits per heavy atom. The third kappa shape index (κ3) is 4.57. The largest absolute Gasteiger partial charge is 0.405 e. The highest BCUT2D eigenvalue weighted by molar-refractivity contribution is 7.20. The molecule has 0 aliphatic carbocycles. The fraction of sp³-hybridized carbons (Fsp3) is 0.467. The Labute approximate surface area is 150 Å². The summed E-state index contributed by atoms with van der Waals surface area (Å²) in [6, 6.07) is 2.08. The number of rotatable bonds is 5. The van der Waals surface area contributed by atoms with Crippen LogP contribution in [0.3, 0.4) is 0 Å². The van der Waals surface area contributed by atoms with Gasteiger partial charge in [0.05, 0.1) is 4.88 Å². The molecule has 1 aliphatic heterocycles. The molecule has 0 bridgehead atoms. The fourth-order valence-corrected chi connectivity index (χ4v) is 4.23. The third-order valence-electron chi connectivity index (χ3n) is 3.89. The van der Waals surface area contributed by atoms with Gasteiger partial charge in [0.25, 0.3) is 5.91 Å². The number of carbonyl (C=O) groups is 1. The Bertz CT molecular complexity index is 696. The van der Waals surface area contributed by atoms with Crippen molar-refractivity contribution in [2.75, 3.05) is 32.7 Å². The van der Waals surface area contributed by atoms with E-state index in [1.165, 1.54) is 27.6 Å². The van der Waals surface area contributed by atoms with Crippen LogP contribution in [0.25, 0.3) is 9.88 Å². The topological polar surface area (TPSA) is 57.3 Å². The molecule has 25 heavy (non-hydrogen) atoms. The second kappa shape index (κ2) is 7.81. The minimum Gasteiger partial charge on any atom is -0.349 e. The van der Waals surface area contributed by atoms with E-state index in [1.807, 2.05) is 17.5 Å². The van der Waals surface area contributed by atoms with Gasteiger partial charge in [0.1, 0.15) is 16.7 Å². The van der Waals surface area contributed by atoms with Gasteiger partial charge >= 0.3 is 6.18 Å². The van der Waals surface area contributed by atoms with E-state index in [0.717, 1.165) is 4.88 Å². The average Bonchev–Trinajstić information content (AvgIpc) is 3.26. The molecule has 1 amide bonds. The molecule has 1 aliphatic rings. The van der Waals surface area contributed by atoms with Gasteiger partial charge in [-0.25, -0.2) is 4.98 Å². The lowest BCUT2D eigenvalue weighted by atomic mass is 10.2. The summed E-state index contributed by atoms with van der Waals surface area (Å²) in [7, 11) is 0. The fourth-order valence-electron chi connectivity index (χ4n) is 2.62. The van der Waals surface area contributed by atoms with Gasteiger partial charge in [-0.05, 0) is 11.4 Å². The van der Waals surface area contributed by atoms with E-state index in [2.05, 4.69) is 15.6 Å². The zero-order valence-electron chi connectivity index (χ0n) is 13.2. The quantitative estimate of drug-likeness (QED) is 0.824. The van der Waals surface area contributed by atoms with Crippen molar-refractivity contribution in [2.24, 2.45) is 0 Å². The van der Waals surface area contributed by atoms with Gasteiger partial charge in [-0.1, -0.05) is 6.07 Å². The number of amides is 1. The average molecular weight is 390 g/mol. The lowest BCUT2D eigenvalue weighted by Gasteiger charge is -2.35. The third-order valence-corrected chi connectivity index (χ3v) is 5.78. The van der Waals surface area contributed by atoms with Gasteiger partial charge in [0.15, 0.2) is 0 Å². The van der Waals surface area contributed by atoms with Crippen molar-refractivity contribution in [1.82, 2.24) is 20.5 Å². The van der Waals surface area contributed by atoms with Crippen LogP contribution in [0, 0.1) is 0 Å². The van der Waals surface area contributed by atoms with Crippen molar-refractivity contribution < 1.29 is 18.0 Å². The number of aromatic nitrogens is 1. The molecular weight excluding hydrogens is 373 g/mol. The van der Waals surface area contributed by atoms with Crippen molar-refractivity contribution >= 4 is 28.6 Å². The standard InChI is InChI=1S/C15H17F3N4OS2/c16-15(17,18)12(22-5-3-19-4-6-22)8-20-13(23)10-9-25-14(21-10)11-2-1-7-24-11/h1-2,7,9,12,19H,3-6,8H2,(H,20,23). The van der Waals surface area contributed by atoms with Gasteiger partial charge in [-0.3, -0.25) is 9.69 Å². The normalized spacial score (nSPS) is 17.4. The van der Waals surface area contributed by atoms with Crippen molar-refractivity contribution in [3.63, 3.8) is 0 Å². The minimum absolute atomic E-state index is 0.148. The zero-order valence-corrected chi connectivity index (χ0v) is 14.8. The number of thiazole rings is 1. The summed E-state index contributed by atoms with van der Waals surface area (Å²) in [6.45, 7) is 1.15. The van der Waals surface area contributed by atoms with Crippen molar-refractivity contribution in [3.8, 4) is 9.88 Å². The zero-order chi connectivity index (χ0) is 17.9. The summed E-state index contributed by atoms with van der Waals surface area (Å²) in [5.74, 6) is -0.580. The lowest BCUT2D eigenvalue weighted by Crippen LogP contribution is -2.57. The molecule has 5 nitrogen and oxygen atoms in total. The van der Waals surface area contributed by atoms with Crippen LogP contribution >= 0.6 is 22.7 Å². The molecule has 0 aromatic carbocycles. The summed E-state index contributed by atoms with van der Waals surface area (Å²) >= 11 is 2.80. The molecule has 1 atom stereocenters. The van der Waals surface area contributed by atoms with Gasteiger partial charge in [0.2, 0.25) is 0 Å². The van der Waals surface area contributed by atoms with Crippen LogP contribution in [0.4, 0.5) is 13.2 Å². The first-order valence-corrected chi connectivity index (χ1v) is 9.50. The van der Waals surface area contributed by atoms with Gasteiger partial charge < -0.3 is 10.6 Å². The molecule has 1 fully saturated rings. The van der Waals surface area contributed by atoms with Crippen molar-refractivity contribution in [3.05, 3.63) is 28.6 Å². The van der Waals surface area contributed by atoms with E-state index in [1.54, 1.807) is 5.38 Å². The maximum atomic E-state index is 13.3. The number of carbonyl (C=O) groups excluding carboxylic acids is 1. The Balaban J connectivity index is 1.63. The van der Waals surface area contributed by atoms with Gasteiger partial charge in [0, 0.05) is 38.1 Å². The lowest BCUT2D eigenvalue weighted by molar-refractivity contribution is -0.183. The van der Waals surface area contributed by atoms with E-state index in [4.69, 9.17) is 0 Å². The molecule has 1 unspecified atom stereocenters. The van der Waals surface area contributed by atoms with E-state index >= 15 is 0 Å². The number of piperazine rings is 1. The van der Waals surface area contributed by atoms with E-state index in [-0.39, 0.29) is 5.69 Å². The van der Waals surface area contributed by atoms with Crippen molar-refractivity contribution in [2.45, 2.75) is 12.2 Å². The van der Waals surface area contributed by atoms with Crippen molar-refractivity contribution in [1.29, 1.82) is 0 Å². The Morgan fingerprint density at radius 1 is 1.36 bits per heavy atom. The summed E-state index contributed by atoms with van der Waals surface area (Å²) < 4.78 is 40.0. The molecule has 0 spiro atoms. The second-order valence-corrected chi connectivity index (χ2v) is 7.37. The molecule has 0 saturated carbocycles. The Hall–Kier alpha value is -1.49. The summed E-state index contributed by atoms with van der Waals surface area (Å²) in [5, 5.41) is 9.57. The summed E-state index contributed by atoms with van der Waals surface area (Å²) in [4.78, 5) is 18.7. The maximum Gasteiger partial charge on any atom is 0.405 e. The molecule has 2 aromatic rings. The Morgan fingerprint density at radius 2 is 2.12 bits per heavy atom. The number of nitrogens with one attached hydrogen (secondary N) is 2. The monoisotopic (exact) mass is 390 g/mol. The highest BCUT2D eigenvalue weighted by Gasteiger charge is 2.43. The molecular formula is C15H17F3N4OS2. The van der Waals surface area contributed by atoms with Gasteiger partial charge in [-0.2, -0.15) is 13.2 Å². The molecule has 0 radical (unpaired) electrons. The second-order valence-electron chi connectivity index (χ2n) is 5.57. The van der Waals surface area contributed by atoms with Crippen LogP contribution in [0.1, 0.15) is 10.5 Å². The van der Waals surface area contributed by atoms with E-state index < -0.39 is 24.7 Å². The number of alkyl halides is 3. The molecule has 3 heterocycles. The smallest absolute Gasteiger partial charge is 0.349 e. The summed E-state index contributed by atoms with van der Waals surface area (Å²) in [6.07, 6.45) is -4.39. The van der Waals surface area contributed by atoms with E-state index in [0.29, 0.717) is 31.2 Å². The van der Waals surface area contributed by atoms with Crippen LogP contribution in [-0.4, -0.2) is 60.7 Å². The van der Waals surface area contributed by atoms with Gasteiger partial charge in [-0.15, -0.1) is 22.7 Å². The van der Waals surface area contributed by atoms with Crippen LogP contribution in [0.2, 0.25) is 0 Å². The highest BCUT2D eigenvalue weighted by Crippen LogP contribution is 2.28. The molecule has 2 N–H and O–H groups in total. The highest BCUT2D eigenvalue weighted by atomic mass is 32.1. The SMILES string of the molecule is O=C(NCC(N1CCNCC1)C(F)(F)F)c1csc(-c2cccs2)n1. The number of nitrogens with zero attached hydrogens (tertiary/aromatic N) is 2. The van der Waals surface area contributed by atoms with Crippen LogP contribution in [0.15, 0.2) is 22.9 Å². The summed E-state index contributed by atoms with van der Waals surface area (Å²) in [5.41, 5.74) is 0.148. The number of hydrogen-bond donors (Lipinski definition) is 2.